The third kappa shape index (κ3) is 3.38. The van der Waals surface area contributed by atoms with Gasteiger partial charge in [0.2, 0.25) is 11.8 Å². The van der Waals surface area contributed by atoms with Crippen molar-refractivity contribution in [2.45, 2.75) is 26.8 Å². The van der Waals surface area contributed by atoms with Crippen molar-refractivity contribution < 1.29 is 14.0 Å². The molecule has 0 saturated heterocycles. The Kier molecular flexibility index (Phi) is 3.39. The Balaban J connectivity index is 2.34. The lowest BCUT2D eigenvalue weighted by molar-refractivity contribution is -0.127. The zero-order valence-electron chi connectivity index (χ0n) is 8.16. The van der Waals surface area contributed by atoms with E-state index in [1.54, 1.807) is 13.1 Å². The topological polar surface area (TPSA) is 72.2 Å². The molecule has 1 rings (SSSR count). The van der Waals surface area contributed by atoms with Gasteiger partial charge in [-0.2, -0.15) is 0 Å². The second-order valence-electron chi connectivity index (χ2n) is 3.02. The molecule has 0 fully saturated rings. The van der Waals surface area contributed by atoms with Crippen LogP contribution in [0.5, 0.6) is 0 Å². The van der Waals surface area contributed by atoms with Crippen LogP contribution < -0.4 is 5.32 Å². The number of ketones is 1. The number of nitrogens with one attached hydrogen (secondary N) is 1. The lowest BCUT2D eigenvalue weighted by atomic mass is 10.3. The minimum atomic E-state index is -0.312. The third-order valence-corrected chi connectivity index (χ3v) is 1.52. The number of hydrogen-bond donors (Lipinski definition) is 1. The van der Waals surface area contributed by atoms with E-state index >= 15 is 0 Å². The molecule has 0 aliphatic carbocycles. The summed E-state index contributed by atoms with van der Waals surface area (Å²) < 4.78 is 5.13. The van der Waals surface area contributed by atoms with Crippen molar-refractivity contribution in [3.05, 3.63) is 17.8 Å². The van der Waals surface area contributed by atoms with E-state index in [-0.39, 0.29) is 24.7 Å². The maximum absolute atomic E-state index is 11.0. The first-order chi connectivity index (χ1) is 6.58. The summed E-state index contributed by atoms with van der Waals surface area (Å²) in [7, 11) is 0. The molecule has 0 bridgehead atoms. The number of amides is 1. The van der Waals surface area contributed by atoms with Gasteiger partial charge < -0.3 is 9.73 Å². The largest absolute Gasteiger partial charge is 0.444 e. The highest BCUT2D eigenvalue weighted by Gasteiger charge is 2.06. The monoisotopic (exact) mass is 196 g/mol. The number of nitrogens with zero attached hydrogens (tertiary/aromatic N) is 1. The molecule has 14 heavy (non-hydrogen) atoms. The fraction of sp³-hybridized carbons (Fsp3) is 0.444. The fourth-order valence-corrected chi connectivity index (χ4v) is 0.946. The molecular formula is C9H12N2O3. The highest BCUT2D eigenvalue weighted by Crippen LogP contribution is 2.00. The summed E-state index contributed by atoms with van der Waals surface area (Å²) in [5, 5.41) is 2.53. The SMILES string of the molecule is CC(=O)CC(=O)NCc1ncc(C)o1. The van der Waals surface area contributed by atoms with Crippen LogP contribution in [0.1, 0.15) is 25.0 Å². The molecule has 1 N–H and O–H groups in total. The van der Waals surface area contributed by atoms with E-state index < -0.39 is 0 Å². The van der Waals surface area contributed by atoms with Gasteiger partial charge in [-0.25, -0.2) is 4.98 Å². The number of aryl methyl sites for hydroxylation is 1. The van der Waals surface area contributed by atoms with Crippen molar-refractivity contribution in [1.82, 2.24) is 10.3 Å². The number of carbonyl (C=O) groups is 2. The van der Waals surface area contributed by atoms with Crippen LogP contribution in [0.2, 0.25) is 0 Å². The van der Waals surface area contributed by atoms with Crippen LogP contribution >= 0.6 is 0 Å². The third-order valence-electron chi connectivity index (χ3n) is 1.52. The molecule has 0 atom stereocenters. The molecule has 0 radical (unpaired) electrons. The fourth-order valence-electron chi connectivity index (χ4n) is 0.946. The van der Waals surface area contributed by atoms with Gasteiger partial charge in [0.05, 0.1) is 19.2 Å². The van der Waals surface area contributed by atoms with Crippen LogP contribution in [0, 0.1) is 6.92 Å². The summed E-state index contributed by atoms with van der Waals surface area (Å²) in [6.45, 7) is 3.36. The average Bonchev–Trinajstić information content (AvgIpc) is 2.47. The first-order valence-corrected chi connectivity index (χ1v) is 4.25. The Labute approximate surface area is 81.5 Å². The number of hydrogen-bond acceptors (Lipinski definition) is 4. The van der Waals surface area contributed by atoms with Crippen LogP contribution in [0.4, 0.5) is 0 Å². The Bertz CT molecular complexity index is 344. The second kappa shape index (κ2) is 4.55. The van der Waals surface area contributed by atoms with Crippen LogP contribution in [0.15, 0.2) is 10.6 Å². The molecule has 76 valence electrons. The van der Waals surface area contributed by atoms with Gasteiger partial charge in [0.15, 0.2) is 0 Å². The molecular weight excluding hydrogens is 184 g/mol. The molecule has 0 saturated carbocycles. The van der Waals surface area contributed by atoms with Crippen molar-refractivity contribution in [3.63, 3.8) is 0 Å². The normalized spacial score (nSPS) is 9.86. The minimum absolute atomic E-state index is 0.0975. The molecule has 5 nitrogen and oxygen atoms in total. The van der Waals surface area contributed by atoms with E-state index in [0.717, 1.165) is 0 Å². The maximum Gasteiger partial charge on any atom is 0.227 e. The summed E-state index contributed by atoms with van der Waals surface area (Å²) in [5.41, 5.74) is 0. The van der Waals surface area contributed by atoms with Gasteiger partial charge in [-0.05, 0) is 13.8 Å². The van der Waals surface area contributed by atoms with E-state index in [2.05, 4.69) is 10.3 Å². The summed E-state index contributed by atoms with van der Waals surface area (Å²) in [4.78, 5) is 25.5. The lowest BCUT2D eigenvalue weighted by Gasteiger charge is -1.99. The lowest BCUT2D eigenvalue weighted by Crippen LogP contribution is -2.24. The van der Waals surface area contributed by atoms with E-state index in [9.17, 15) is 9.59 Å². The molecule has 5 heteroatoms. The van der Waals surface area contributed by atoms with Gasteiger partial charge in [-0.3, -0.25) is 9.59 Å². The highest BCUT2D eigenvalue weighted by atomic mass is 16.4. The first kappa shape index (κ1) is 10.4. The van der Waals surface area contributed by atoms with E-state index in [4.69, 9.17) is 4.42 Å². The Morgan fingerprint density at radius 3 is 2.79 bits per heavy atom. The molecule has 1 aromatic rings. The molecule has 0 aromatic carbocycles. The van der Waals surface area contributed by atoms with Crippen molar-refractivity contribution >= 4 is 11.7 Å². The first-order valence-electron chi connectivity index (χ1n) is 4.25. The zero-order chi connectivity index (χ0) is 10.6. The van der Waals surface area contributed by atoms with Crippen LogP contribution in [-0.4, -0.2) is 16.7 Å². The van der Waals surface area contributed by atoms with Crippen LogP contribution in [0.3, 0.4) is 0 Å². The average molecular weight is 196 g/mol. The number of rotatable bonds is 4. The van der Waals surface area contributed by atoms with Crippen molar-refractivity contribution in [2.24, 2.45) is 0 Å². The van der Waals surface area contributed by atoms with Crippen molar-refractivity contribution in [3.8, 4) is 0 Å². The molecule has 0 spiro atoms. The van der Waals surface area contributed by atoms with Gasteiger partial charge in [0.25, 0.3) is 0 Å². The van der Waals surface area contributed by atoms with E-state index in [1.807, 2.05) is 0 Å². The zero-order valence-corrected chi connectivity index (χ0v) is 8.16. The number of aromatic nitrogens is 1. The minimum Gasteiger partial charge on any atom is -0.444 e. The van der Waals surface area contributed by atoms with Gasteiger partial charge in [-0.1, -0.05) is 0 Å². The second-order valence-corrected chi connectivity index (χ2v) is 3.02. The Morgan fingerprint density at radius 2 is 2.29 bits per heavy atom. The summed E-state index contributed by atoms with van der Waals surface area (Å²) >= 11 is 0. The van der Waals surface area contributed by atoms with Crippen LogP contribution in [-0.2, 0) is 16.1 Å². The predicted molar refractivity (Wildman–Crippen MR) is 48.4 cm³/mol. The summed E-state index contributed by atoms with van der Waals surface area (Å²) in [6, 6.07) is 0. The Morgan fingerprint density at radius 1 is 1.57 bits per heavy atom. The molecule has 1 heterocycles. The van der Waals surface area contributed by atoms with Gasteiger partial charge in [0.1, 0.15) is 11.5 Å². The summed E-state index contributed by atoms with van der Waals surface area (Å²) in [5.74, 6) is 0.666. The molecule has 1 amide bonds. The molecule has 0 aliphatic heterocycles. The molecule has 0 aliphatic rings. The summed E-state index contributed by atoms with van der Waals surface area (Å²) in [6.07, 6.45) is 1.48. The number of oxazole rings is 1. The van der Waals surface area contributed by atoms with E-state index in [0.29, 0.717) is 11.7 Å². The molecule has 1 aromatic heterocycles. The number of carbonyl (C=O) groups excluding carboxylic acids is 2. The van der Waals surface area contributed by atoms with Crippen molar-refractivity contribution in [1.29, 1.82) is 0 Å². The van der Waals surface area contributed by atoms with Crippen molar-refractivity contribution in [2.75, 3.05) is 0 Å². The standard InChI is InChI=1S/C9H12N2O3/c1-6(12)3-8(13)10-5-9-11-4-7(2)14-9/h4H,3,5H2,1-2H3,(H,10,13). The van der Waals surface area contributed by atoms with Gasteiger partial charge >= 0.3 is 0 Å². The van der Waals surface area contributed by atoms with E-state index in [1.165, 1.54) is 6.92 Å². The highest BCUT2D eigenvalue weighted by molar-refractivity contribution is 5.96. The predicted octanol–water partition coefficient (Wildman–Crippen LogP) is 0.578. The van der Waals surface area contributed by atoms with Gasteiger partial charge in [-0.15, -0.1) is 0 Å². The number of Topliss-reactive ketones (excluding diaryl/α,β-unsaturated/α-hetero) is 1. The van der Waals surface area contributed by atoms with Crippen LogP contribution in [0.25, 0.3) is 0 Å². The maximum atomic E-state index is 11.0. The quantitative estimate of drug-likeness (QED) is 0.715. The van der Waals surface area contributed by atoms with Gasteiger partial charge in [0, 0.05) is 0 Å². The Hall–Kier alpha value is -1.65. The smallest absolute Gasteiger partial charge is 0.227 e. The molecule has 0 unspecified atom stereocenters.